The van der Waals surface area contributed by atoms with Crippen molar-refractivity contribution in [1.82, 2.24) is 9.62 Å². The van der Waals surface area contributed by atoms with Gasteiger partial charge >= 0.3 is 0 Å². The van der Waals surface area contributed by atoms with Crippen molar-refractivity contribution < 1.29 is 13.2 Å². The summed E-state index contributed by atoms with van der Waals surface area (Å²) in [7, 11) is -0.643. The molecule has 0 aromatic heterocycles. The van der Waals surface area contributed by atoms with Crippen molar-refractivity contribution in [3.8, 4) is 0 Å². The molecule has 5 nitrogen and oxygen atoms in total. The lowest BCUT2D eigenvalue weighted by atomic mass is 10.2. The van der Waals surface area contributed by atoms with Gasteiger partial charge in [0.1, 0.15) is 0 Å². The van der Waals surface area contributed by atoms with Crippen molar-refractivity contribution in [1.29, 1.82) is 0 Å². The van der Waals surface area contributed by atoms with E-state index in [9.17, 15) is 13.2 Å². The van der Waals surface area contributed by atoms with Crippen molar-refractivity contribution in [3.05, 3.63) is 28.8 Å². The first-order chi connectivity index (χ1) is 8.34. The largest absolute Gasteiger partial charge is 0.355 e. The maximum Gasteiger partial charge on any atom is 0.252 e. The Hall–Kier alpha value is -1.11. The number of hydrogen-bond acceptors (Lipinski definition) is 3. The molecule has 100 valence electrons. The number of rotatable bonds is 4. The maximum atomic E-state index is 12.1. The third-order valence-corrected chi connectivity index (χ3v) is 4.82. The van der Waals surface area contributed by atoms with Crippen LogP contribution in [0.5, 0.6) is 0 Å². The lowest BCUT2D eigenvalue weighted by molar-refractivity contribution is 0.0963. The summed E-state index contributed by atoms with van der Waals surface area (Å²) in [5.41, 5.74) is 0.143. The van der Waals surface area contributed by atoms with Crippen molar-refractivity contribution in [2.75, 3.05) is 20.6 Å². The van der Waals surface area contributed by atoms with Crippen LogP contribution < -0.4 is 5.32 Å². The molecular formula is C11H15ClN2O3S. The zero-order chi connectivity index (χ0) is 13.9. The normalized spacial score (nSPS) is 11.6. The summed E-state index contributed by atoms with van der Waals surface area (Å²) in [6, 6.07) is 4.07. The SMILES string of the molecule is CCN(C)S(=O)(=O)c1ccc(Cl)c(C(=O)NC)c1. The van der Waals surface area contributed by atoms with Crippen LogP contribution in [-0.2, 0) is 10.0 Å². The van der Waals surface area contributed by atoms with Crippen LogP contribution in [-0.4, -0.2) is 39.3 Å². The molecule has 0 heterocycles. The molecular weight excluding hydrogens is 276 g/mol. The zero-order valence-corrected chi connectivity index (χ0v) is 12.0. The van der Waals surface area contributed by atoms with Crippen molar-refractivity contribution in [2.45, 2.75) is 11.8 Å². The molecule has 0 aliphatic rings. The van der Waals surface area contributed by atoms with Gasteiger partial charge in [-0.1, -0.05) is 18.5 Å². The number of hydrogen-bond donors (Lipinski definition) is 1. The second-order valence-corrected chi connectivity index (χ2v) is 6.09. The van der Waals surface area contributed by atoms with Gasteiger partial charge in [0.25, 0.3) is 5.91 Å². The number of carbonyl (C=O) groups is 1. The standard InChI is InChI=1S/C11H15ClN2O3S/c1-4-14(3)18(16,17)8-5-6-10(12)9(7-8)11(15)13-2/h5-7H,4H2,1-3H3,(H,13,15). The van der Waals surface area contributed by atoms with E-state index >= 15 is 0 Å². The quantitative estimate of drug-likeness (QED) is 0.910. The van der Waals surface area contributed by atoms with Crippen LogP contribution in [0.3, 0.4) is 0 Å². The molecule has 0 atom stereocenters. The second kappa shape index (κ2) is 5.69. The summed E-state index contributed by atoms with van der Waals surface area (Å²) in [5.74, 6) is -0.420. The van der Waals surface area contributed by atoms with Gasteiger partial charge in [0.2, 0.25) is 10.0 Å². The van der Waals surface area contributed by atoms with E-state index in [0.717, 1.165) is 0 Å². The summed E-state index contributed by atoms with van der Waals surface area (Å²) >= 11 is 5.86. The van der Waals surface area contributed by atoms with Crippen molar-refractivity contribution in [2.24, 2.45) is 0 Å². The Morgan fingerprint density at radius 2 is 2.06 bits per heavy atom. The van der Waals surface area contributed by atoms with Crippen LogP contribution in [0.1, 0.15) is 17.3 Å². The smallest absolute Gasteiger partial charge is 0.252 e. The van der Waals surface area contributed by atoms with Gasteiger partial charge in [-0.25, -0.2) is 12.7 Å². The van der Waals surface area contributed by atoms with E-state index in [0.29, 0.717) is 6.54 Å². The van der Waals surface area contributed by atoms with Gasteiger partial charge in [-0.05, 0) is 18.2 Å². The molecule has 0 saturated carbocycles. The summed E-state index contributed by atoms with van der Waals surface area (Å²) in [6.07, 6.45) is 0. The highest BCUT2D eigenvalue weighted by atomic mass is 35.5. The fourth-order valence-corrected chi connectivity index (χ4v) is 2.73. The topological polar surface area (TPSA) is 66.5 Å². The van der Waals surface area contributed by atoms with E-state index < -0.39 is 15.9 Å². The van der Waals surface area contributed by atoms with Gasteiger partial charge in [0.15, 0.2) is 0 Å². The minimum absolute atomic E-state index is 0.0508. The Bertz CT molecular complexity index is 557. The molecule has 1 rings (SSSR count). The number of sulfonamides is 1. The molecule has 0 radical (unpaired) electrons. The van der Waals surface area contributed by atoms with E-state index in [2.05, 4.69) is 5.32 Å². The number of amides is 1. The van der Waals surface area contributed by atoms with Gasteiger partial charge < -0.3 is 5.32 Å². The van der Waals surface area contributed by atoms with E-state index in [1.807, 2.05) is 0 Å². The van der Waals surface area contributed by atoms with Crippen molar-refractivity contribution in [3.63, 3.8) is 0 Å². The average molecular weight is 291 g/mol. The third kappa shape index (κ3) is 2.82. The number of nitrogens with one attached hydrogen (secondary N) is 1. The van der Waals surface area contributed by atoms with Crippen LogP contribution in [0.25, 0.3) is 0 Å². The highest BCUT2D eigenvalue weighted by molar-refractivity contribution is 7.89. The summed E-state index contributed by atoms with van der Waals surface area (Å²) in [5, 5.41) is 2.63. The number of carbonyl (C=O) groups excluding carboxylic acids is 1. The Kier molecular flexibility index (Phi) is 4.72. The Labute approximate surface area is 112 Å². The molecule has 18 heavy (non-hydrogen) atoms. The fraction of sp³-hybridized carbons (Fsp3) is 0.364. The molecule has 1 aromatic rings. The molecule has 0 bridgehead atoms. The van der Waals surface area contributed by atoms with Crippen LogP contribution in [0.15, 0.2) is 23.1 Å². The van der Waals surface area contributed by atoms with Crippen LogP contribution in [0.2, 0.25) is 5.02 Å². The van der Waals surface area contributed by atoms with Gasteiger partial charge in [-0.2, -0.15) is 0 Å². The Balaban J connectivity index is 3.33. The van der Waals surface area contributed by atoms with Crippen LogP contribution in [0, 0.1) is 0 Å². The molecule has 7 heteroatoms. The highest BCUT2D eigenvalue weighted by Crippen LogP contribution is 2.22. The zero-order valence-electron chi connectivity index (χ0n) is 10.4. The second-order valence-electron chi connectivity index (χ2n) is 3.64. The fourth-order valence-electron chi connectivity index (χ4n) is 1.32. The molecule has 0 aliphatic carbocycles. The summed E-state index contributed by atoms with van der Waals surface area (Å²) < 4.78 is 25.4. The number of nitrogens with zero attached hydrogens (tertiary/aromatic N) is 1. The first-order valence-corrected chi connectivity index (χ1v) is 7.14. The van der Waals surface area contributed by atoms with Crippen LogP contribution in [0.4, 0.5) is 0 Å². The van der Waals surface area contributed by atoms with Crippen molar-refractivity contribution >= 4 is 27.5 Å². The van der Waals surface area contributed by atoms with Gasteiger partial charge in [-0.15, -0.1) is 0 Å². The molecule has 0 aliphatic heterocycles. The predicted octanol–water partition coefficient (Wildman–Crippen LogP) is 1.34. The minimum atomic E-state index is -3.58. The molecule has 1 amide bonds. The summed E-state index contributed by atoms with van der Waals surface area (Å²) in [6.45, 7) is 2.08. The molecule has 1 N–H and O–H groups in total. The lowest BCUT2D eigenvalue weighted by Crippen LogP contribution is -2.27. The van der Waals surface area contributed by atoms with E-state index in [4.69, 9.17) is 11.6 Å². The lowest BCUT2D eigenvalue weighted by Gasteiger charge is -2.15. The first kappa shape index (κ1) is 14.9. The number of halogens is 1. The number of benzene rings is 1. The Morgan fingerprint density at radius 3 is 2.56 bits per heavy atom. The average Bonchev–Trinajstić information content (AvgIpc) is 2.36. The monoisotopic (exact) mass is 290 g/mol. The minimum Gasteiger partial charge on any atom is -0.355 e. The molecule has 0 spiro atoms. The molecule has 0 unspecified atom stereocenters. The van der Waals surface area contributed by atoms with E-state index in [-0.39, 0.29) is 15.5 Å². The van der Waals surface area contributed by atoms with Crippen LogP contribution >= 0.6 is 11.6 Å². The van der Waals surface area contributed by atoms with Gasteiger partial charge in [0.05, 0.1) is 15.5 Å². The molecule has 0 fully saturated rings. The molecule has 1 aromatic carbocycles. The third-order valence-electron chi connectivity index (χ3n) is 2.56. The predicted molar refractivity (Wildman–Crippen MR) is 70.3 cm³/mol. The maximum absolute atomic E-state index is 12.1. The van der Waals surface area contributed by atoms with Gasteiger partial charge in [0, 0.05) is 20.6 Å². The Morgan fingerprint density at radius 1 is 1.44 bits per heavy atom. The highest BCUT2D eigenvalue weighted by Gasteiger charge is 2.21. The molecule has 0 saturated heterocycles. The van der Waals surface area contributed by atoms with Gasteiger partial charge in [-0.3, -0.25) is 4.79 Å². The van der Waals surface area contributed by atoms with E-state index in [1.165, 1.54) is 36.6 Å². The van der Waals surface area contributed by atoms with E-state index in [1.54, 1.807) is 6.92 Å². The summed E-state index contributed by atoms with van der Waals surface area (Å²) in [4.78, 5) is 11.6. The first-order valence-electron chi connectivity index (χ1n) is 5.32.